The fraction of sp³-hybridized carbons (Fsp3) is 1.00. The first-order valence-corrected chi connectivity index (χ1v) is 8.93. The summed E-state index contributed by atoms with van der Waals surface area (Å²) in [6.07, 6.45) is 7.00. The van der Waals surface area contributed by atoms with Gasteiger partial charge in [-0.15, -0.1) is 0 Å². The van der Waals surface area contributed by atoms with E-state index in [2.05, 4.69) is 42.8 Å². The Bertz CT molecular complexity index is 231. The van der Waals surface area contributed by atoms with Crippen LogP contribution in [0.3, 0.4) is 0 Å². The van der Waals surface area contributed by atoms with E-state index in [0.29, 0.717) is 11.3 Å². The molecule has 4 heteroatoms. The SMILES string of the molecule is CC1SCC(C(CC2CCCC2)NN)SC1C. The van der Waals surface area contributed by atoms with Gasteiger partial charge in [-0.1, -0.05) is 39.5 Å². The average Bonchev–Trinajstić information content (AvgIpc) is 2.82. The monoisotopic (exact) mass is 274 g/mol. The Labute approximate surface area is 114 Å². The van der Waals surface area contributed by atoms with Crippen LogP contribution in [-0.4, -0.2) is 27.5 Å². The number of rotatable bonds is 4. The molecule has 1 saturated carbocycles. The normalized spacial score (nSPS) is 37.2. The molecule has 100 valence electrons. The molecule has 1 aliphatic heterocycles. The molecule has 1 heterocycles. The Kier molecular flexibility index (Phi) is 5.52. The largest absolute Gasteiger partial charge is 0.271 e. The summed E-state index contributed by atoms with van der Waals surface area (Å²) in [5, 5.41) is 2.26. The van der Waals surface area contributed by atoms with E-state index < -0.39 is 0 Å². The van der Waals surface area contributed by atoms with Crippen molar-refractivity contribution in [3.05, 3.63) is 0 Å². The second-order valence-corrected chi connectivity index (χ2v) is 8.61. The molecule has 0 aromatic carbocycles. The lowest BCUT2D eigenvalue weighted by Gasteiger charge is -2.36. The molecule has 1 saturated heterocycles. The molecule has 4 atom stereocenters. The molecule has 0 aromatic heterocycles. The second-order valence-electron chi connectivity index (χ2n) is 5.58. The predicted octanol–water partition coefficient (Wildman–Crippen LogP) is 3.02. The molecule has 4 unspecified atom stereocenters. The summed E-state index contributed by atoms with van der Waals surface area (Å²) in [7, 11) is 0. The third kappa shape index (κ3) is 3.79. The lowest BCUT2D eigenvalue weighted by atomic mass is 9.97. The minimum absolute atomic E-state index is 0.519. The second kappa shape index (κ2) is 6.69. The van der Waals surface area contributed by atoms with E-state index >= 15 is 0 Å². The van der Waals surface area contributed by atoms with Crippen molar-refractivity contribution >= 4 is 23.5 Å². The topological polar surface area (TPSA) is 38.0 Å². The van der Waals surface area contributed by atoms with E-state index in [9.17, 15) is 0 Å². The van der Waals surface area contributed by atoms with Gasteiger partial charge in [-0.05, 0) is 12.3 Å². The van der Waals surface area contributed by atoms with Crippen molar-refractivity contribution < 1.29 is 0 Å². The van der Waals surface area contributed by atoms with E-state index in [0.717, 1.165) is 16.4 Å². The third-order valence-electron chi connectivity index (χ3n) is 4.30. The van der Waals surface area contributed by atoms with Gasteiger partial charge in [0.2, 0.25) is 0 Å². The molecule has 0 radical (unpaired) electrons. The Morgan fingerprint density at radius 2 is 1.94 bits per heavy atom. The lowest BCUT2D eigenvalue weighted by Crippen LogP contribution is -2.47. The highest BCUT2D eigenvalue weighted by Crippen LogP contribution is 2.39. The Morgan fingerprint density at radius 3 is 2.53 bits per heavy atom. The van der Waals surface area contributed by atoms with Crippen molar-refractivity contribution in [2.75, 3.05) is 5.75 Å². The van der Waals surface area contributed by atoms with Crippen molar-refractivity contribution in [3.63, 3.8) is 0 Å². The van der Waals surface area contributed by atoms with Crippen molar-refractivity contribution in [2.24, 2.45) is 11.8 Å². The van der Waals surface area contributed by atoms with E-state index in [1.165, 1.54) is 37.9 Å². The standard InChI is InChI=1S/C13H26N2S2/c1-9-10(2)17-13(8-16-9)12(15-14)7-11-5-3-4-6-11/h9-13,15H,3-8,14H2,1-2H3. The summed E-state index contributed by atoms with van der Waals surface area (Å²) in [5.74, 6) is 7.98. The van der Waals surface area contributed by atoms with Gasteiger partial charge in [0.1, 0.15) is 0 Å². The van der Waals surface area contributed by atoms with Gasteiger partial charge in [0.25, 0.3) is 0 Å². The summed E-state index contributed by atoms with van der Waals surface area (Å²) < 4.78 is 0. The summed E-state index contributed by atoms with van der Waals surface area (Å²) >= 11 is 4.27. The third-order valence-corrected chi connectivity index (χ3v) is 7.85. The smallest absolute Gasteiger partial charge is 0.0340 e. The summed E-state index contributed by atoms with van der Waals surface area (Å²) in [5.41, 5.74) is 3.10. The van der Waals surface area contributed by atoms with Gasteiger partial charge in [-0.2, -0.15) is 23.5 Å². The van der Waals surface area contributed by atoms with Crippen molar-refractivity contribution in [2.45, 2.75) is 67.7 Å². The first-order chi connectivity index (χ1) is 8.20. The number of hydrogen-bond donors (Lipinski definition) is 2. The molecule has 3 N–H and O–H groups in total. The van der Waals surface area contributed by atoms with E-state index in [1.54, 1.807) is 0 Å². The van der Waals surface area contributed by atoms with Crippen LogP contribution in [0.15, 0.2) is 0 Å². The van der Waals surface area contributed by atoms with Crippen molar-refractivity contribution in [1.82, 2.24) is 5.43 Å². The summed E-state index contributed by atoms with van der Waals surface area (Å²) in [6.45, 7) is 4.71. The molecule has 2 nitrogen and oxygen atoms in total. The maximum atomic E-state index is 5.79. The van der Waals surface area contributed by atoms with Gasteiger partial charge in [-0.3, -0.25) is 11.3 Å². The lowest BCUT2D eigenvalue weighted by molar-refractivity contribution is 0.390. The predicted molar refractivity (Wildman–Crippen MR) is 80.4 cm³/mol. The van der Waals surface area contributed by atoms with Crippen LogP contribution >= 0.6 is 23.5 Å². The molecule has 2 aliphatic rings. The Balaban J connectivity index is 1.84. The van der Waals surface area contributed by atoms with Crippen LogP contribution in [0, 0.1) is 5.92 Å². The van der Waals surface area contributed by atoms with Gasteiger partial charge in [-0.25, -0.2) is 0 Å². The van der Waals surface area contributed by atoms with Crippen molar-refractivity contribution in [3.8, 4) is 0 Å². The number of nitrogens with one attached hydrogen (secondary N) is 1. The average molecular weight is 274 g/mol. The van der Waals surface area contributed by atoms with Gasteiger partial charge in [0.15, 0.2) is 0 Å². The van der Waals surface area contributed by atoms with E-state index in [4.69, 9.17) is 5.84 Å². The number of hydrazine groups is 1. The number of hydrogen-bond acceptors (Lipinski definition) is 4. The van der Waals surface area contributed by atoms with Crippen LogP contribution in [0.2, 0.25) is 0 Å². The summed E-state index contributed by atoms with van der Waals surface area (Å²) in [4.78, 5) is 0. The molecule has 1 aliphatic carbocycles. The highest BCUT2D eigenvalue weighted by molar-refractivity contribution is 8.07. The molecule has 2 rings (SSSR count). The molecule has 0 spiro atoms. The molecule has 2 fully saturated rings. The first-order valence-electron chi connectivity index (χ1n) is 6.94. The Hall–Kier alpha value is 0.620. The van der Waals surface area contributed by atoms with Gasteiger partial charge in [0, 0.05) is 27.5 Å². The molecule has 0 amide bonds. The van der Waals surface area contributed by atoms with Gasteiger partial charge < -0.3 is 0 Å². The highest BCUT2D eigenvalue weighted by Gasteiger charge is 2.32. The zero-order valence-electron chi connectivity index (χ0n) is 11.0. The number of nitrogens with two attached hydrogens (primary N) is 1. The van der Waals surface area contributed by atoms with Gasteiger partial charge >= 0.3 is 0 Å². The number of thioether (sulfide) groups is 2. The molecular weight excluding hydrogens is 248 g/mol. The van der Waals surface area contributed by atoms with Crippen LogP contribution in [0.25, 0.3) is 0 Å². The highest BCUT2D eigenvalue weighted by atomic mass is 32.2. The zero-order chi connectivity index (χ0) is 12.3. The quantitative estimate of drug-likeness (QED) is 0.610. The van der Waals surface area contributed by atoms with Crippen LogP contribution in [0.4, 0.5) is 0 Å². The van der Waals surface area contributed by atoms with Gasteiger partial charge in [0.05, 0.1) is 0 Å². The maximum absolute atomic E-state index is 5.79. The molecule has 0 aromatic rings. The summed E-state index contributed by atoms with van der Waals surface area (Å²) in [6, 6.07) is 0.519. The fourth-order valence-electron chi connectivity index (χ4n) is 2.95. The first kappa shape index (κ1) is 14.0. The molecular formula is C13H26N2S2. The van der Waals surface area contributed by atoms with Crippen molar-refractivity contribution in [1.29, 1.82) is 0 Å². The van der Waals surface area contributed by atoms with Crippen LogP contribution < -0.4 is 11.3 Å². The zero-order valence-corrected chi connectivity index (χ0v) is 12.7. The minimum Gasteiger partial charge on any atom is -0.271 e. The van der Waals surface area contributed by atoms with Crippen LogP contribution in [0.5, 0.6) is 0 Å². The molecule has 0 bridgehead atoms. The van der Waals surface area contributed by atoms with Crippen LogP contribution in [-0.2, 0) is 0 Å². The minimum atomic E-state index is 0.519. The van der Waals surface area contributed by atoms with E-state index in [1.807, 2.05) is 0 Å². The molecule has 17 heavy (non-hydrogen) atoms. The van der Waals surface area contributed by atoms with E-state index in [-0.39, 0.29) is 0 Å². The maximum Gasteiger partial charge on any atom is 0.0340 e. The fourth-order valence-corrected chi connectivity index (χ4v) is 6.08. The van der Waals surface area contributed by atoms with Crippen LogP contribution in [0.1, 0.15) is 46.0 Å². The Morgan fingerprint density at radius 1 is 1.24 bits per heavy atom.